The van der Waals surface area contributed by atoms with Gasteiger partial charge in [-0.25, -0.2) is 4.39 Å². The lowest BCUT2D eigenvalue weighted by Crippen LogP contribution is -2.48. The van der Waals surface area contributed by atoms with Gasteiger partial charge < -0.3 is 9.32 Å². The normalized spacial score (nSPS) is 15.1. The Kier molecular flexibility index (Phi) is 7.49. The third kappa shape index (κ3) is 6.33. The summed E-state index contributed by atoms with van der Waals surface area (Å²) in [6.45, 7) is 11.6. The van der Waals surface area contributed by atoms with Gasteiger partial charge in [-0.05, 0) is 56.2 Å². The van der Waals surface area contributed by atoms with Crippen LogP contribution in [-0.4, -0.2) is 52.3 Å². The molecule has 3 aromatic rings. The quantitative estimate of drug-likeness (QED) is 0.484. The maximum absolute atomic E-state index is 13.3. The Labute approximate surface area is 201 Å². The molecule has 6 heteroatoms. The standard InChI is InChI=1S/C28H34FN3O2/c1-28(2,3)32(20-23-9-11-24(29)12-10-23)21-25-13-14-26(34-25)27(33)31-17-15-30(16-18-31)19-22-7-5-4-6-8-22/h4-14H,15-21H2,1-3H3. The van der Waals surface area contributed by atoms with Crippen LogP contribution in [0.1, 0.15) is 48.2 Å². The van der Waals surface area contributed by atoms with Gasteiger partial charge in [0, 0.05) is 44.8 Å². The molecule has 1 amide bonds. The van der Waals surface area contributed by atoms with E-state index in [0.717, 1.165) is 31.0 Å². The van der Waals surface area contributed by atoms with Gasteiger partial charge >= 0.3 is 0 Å². The lowest BCUT2D eigenvalue weighted by atomic mass is 10.0. The zero-order valence-corrected chi connectivity index (χ0v) is 20.3. The van der Waals surface area contributed by atoms with Gasteiger partial charge in [-0.1, -0.05) is 42.5 Å². The smallest absolute Gasteiger partial charge is 0.289 e. The Morgan fingerprint density at radius 3 is 2.21 bits per heavy atom. The molecule has 0 N–H and O–H groups in total. The van der Waals surface area contributed by atoms with Crippen LogP contribution in [0.2, 0.25) is 0 Å². The average Bonchev–Trinajstić information content (AvgIpc) is 3.29. The highest BCUT2D eigenvalue weighted by molar-refractivity contribution is 5.91. The van der Waals surface area contributed by atoms with Crippen LogP contribution in [0.15, 0.2) is 71.1 Å². The molecule has 1 aliphatic rings. The number of nitrogens with zero attached hydrogens (tertiary/aromatic N) is 3. The summed E-state index contributed by atoms with van der Waals surface area (Å²) in [5.41, 5.74) is 2.20. The summed E-state index contributed by atoms with van der Waals surface area (Å²) in [6.07, 6.45) is 0. The third-order valence-electron chi connectivity index (χ3n) is 6.36. The Bertz CT molecular complexity index is 1070. The van der Waals surface area contributed by atoms with E-state index in [-0.39, 0.29) is 17.3 Å². The fourth-order valence-electron chi connectivity index (χ4n) is 4.21. The van der Waals surface area contributed by atoms with Crippen LogP contribution in [0.5, 0.6) is 0 Å². The maximum atomic E-state index is 13.3. The van der Waals surface area contributed by atoms with E-state index in [1.54, 1.807) is 6.07 Å². The van der Waals surface area contributed by atoms with Crippen LogP contribution >= 0.6 is 0 Å². The first kappa shape index (κ1) is 24.2. The molecular formula is C28H34FN3O2. The average molecular weight is 464 g/mol. The van der Waals surface area contributed by atoms with Crippen molar-refractivity contribution in [2.75, 3.05) is 26.2 Å². The van der Waals surface area contributed by atoms with E-state index in [0.29, 0.717) is 31.9 Å². The monoisotopic (exact) mass is 463 g/mol. The molecule has 1 aromatic heterocycles. The van der Waals surface area contributed by atoms with Crippen molar-refractivity contribution < 1.29 is 13.6 Å². The van der Waals surface area contributed by atoms with Crippen molar-refractivity contribution >= 4 is 5.91 Å². The Morgan fingerprint density at radius 2 is 1.56 bits per heavy atom. The number of carbonyl (C=O) groups excluding carboxylic acids is 1. The number of amides is 1. The molecule has 0 unspecified atom stereocenters. The van der Waals surface area contributed by atoms with Crippen LogP contribution in [-0.2, 0) is 19.6 Å². The molecule has 0 bridgehead atoms. The fraction of sp³-hybridized carbons (Fsp3) is 0.393. The second-order valence-corrected chi connectivity index (χ2v) is 9.97. The van der Waals surface area contributed by atoms with Gasteiger partial charge in [-0.3, -0.25) is 14.6 Å². The largest absolute Gasteiger partial charge is 0.455 e. The molecule has 5 nitrogen and oxygen atoms in total. The number of piperazine rings is 1. The summed E-state index contributed by atoms with van der Waals surface area (Å²) in [7, 11) is 0. The summed E-state index contributed by atoms with van der Waals surface area (Å²) in [6, 6.07) is 20.7. The Morgan fingerprint density at radius 1 is 0.882 bits per heavy atom. The second-order valence-electron chi connectivity index (χ2n) is 9.97. The molecular weight excluding hydrogens is 429 g/mol. The van der Waals surface area contributed by atoms with E-state index in [2.05, 4.69) is 54.8 Å². The zero-order chi connectivity index (χ0) is 24.1. The summed E-state index contributed by atoms with van der Waals surface area (Å²) in [4.78, 5) is 19.6. The van der Waals surface area contributed by atoms with Crippen LogP contribution in [0.25, 0.3) is 0 Å². The topological polar surface area (TPSA) is 39.9 Å². The minimum atomic E-state index is -0.235. The molecule has 2 aromatic carbocycles. The van der Waals surface area contributed by atoms with E-state index in [1.165, 1.54) is 17.7 Å². The number of furan rings is 1. The van der Waals surface area contributed by atoms with Crippen molar-refractivity contribution in [1.29, 1.82) is 0 Å². The van der Waals surface area contributed by atoms with Gasteiger partial charge in [0.1, 0.15) is 11.6 Å². The molecule has 34 heavy (non-hydrogen) atoms. The van der Waals surface area contributed by atoms with Gasteiger partial charge in [0.05, 0.1) is 6.54 Å². The van der Waals surface area contributed by atoms with E-state index in [9.17, 15) is 9.18 Å². The Hall–Kier alpha value is -2.96. The molecule has 0 saturated carbocycles. The van der Waals surface area contributed by atoms with Crippen LogP contribution < -0.4 is 0 Å². The van der Waals surface area contributed by atoms with Gasteiger partial charge in [0.15, 0.2) is 5.76 Å². The lowest BCUT2D eigenvalue weighted by Gasteiger charge is -2.35. The van der Waals surface area contributed by atoms with E-state index >= 15 is 0 Å². The lowest BCUT2D eigenvalue weighted by molar-refractivity contribution is 0.0589. The SMILES string of the molecule is CC(C)(C)N(Cc1ccc(F)cc1)Cc1ccc(C(=O)N2CCN(Cc3ccccc3)CC2)o1. The number of hydrogen-bond acceptors (Lipinski definition) is 4. The van der Waals surface area contributed by atoms with E-state index in [4.69, 9.17) is 4.42 Å². The minimum absolute atomic E-state index is 0.0496. The van der Waals surface area contributed by atoms with Crippen molar-refractivity contribution in [3.63, 3.8) is 0 Å². The highest BCUT2D eigenvalue weighted by atomic mass is 19.1. The van der Waals surface area contributed by atoms with Gasteiger partial charge in [0.2, 0.25) is 0 Å². The van der Waals surface area contributed by atoms with Crippen molar-refractivity contribution in [2.45, 2.75) is 45.9 Å². The molecule has 0 aliphatic carbocycles. The summed E-state index contributed by atoms with van der Waals surface area (Å²) < 4.78 is 19.3. The van der Waals surface area contributed by atoms with Gasteiger partial charge in [-0.15, -0.1) is 0 Å². The fourth-order valence-corrected chi connectivity index (χ4v) is 4.21. The van der Waals surface area contributed by atoms with Crippen molar-refractivity contribution in [3.8, 4) is 0 Å². The highest BCUT2D eigenvalue weighted by Crippen LogP contribution is 2.23. The first-order chi connectivity index (χ1) is 16.3. The number of carbonyl (C=O) groups is 1. The summed E-state index contributed by atoms with van der Waals surface area (Å²) in [5, 5.41) is 0. The molecule has 180 valence electrons. The molecule has 1 saturated heterocycles. The van der Waals surface area contributed by atoms with Gasteiger partial charge in [-0.2, -0.15) is 0 Å². The van der Waals surface area contributed by atoms with Crippen molar-refractivity contribution in [2.24, 2.45) is 0 Å². The predicted molar refractivity (Wildman–Crippen MR) is 132 cm³/mol. The second kappa shape index (κ2) is 10.5. The van der Waals surface area contributed by atoms with E-state index < -0.39 is 0 Å². The number of rotatable bonds is 7. The first-order valence-corrected chi connectivity index (χ1v) is 11.9. The first-order valence-electron chi connectivity index (χ1n) is 11.9. The number of halogens is 1. The van der Waals surface area contributed by atoms with Gasteiger partial charge in [0.25, 0.3) is 5.91 Å². The number of benzene rings is 2. The predicted octanol–water partition coefficient (Wildman–Crippen LogP) is 5.18. The van der Waals surface area contributed by atoms with Crippen LogP contribution in [0.4, 0.5) is 4.39 Å². The minimum Gasteiger partial charge on any atom is -0.455 e. The van der Waals surface area contributed by atoms with Crippen molar-refractivity contribution in [1.82, 2.24) is 14.7 Å². The molecule has 0 atom stereocenters. The third-order valence-corrected chi connectivity index (χ3v) is 6.36. The van der Waals surface area contributed by atoms with Crippen LogP contribution in [0, 0.1) is 5.82 Å². The molecule has 0 radical (unpaired) electrons. The maximum Gasteiger partial charge on any atom is 0.289 e. The van der Waals surface area contributed by atoms with Crippen molar-refractivity contribution in [3.05, 3.63) is 95.2 Å². The molecule has 2 heterocycles. The van der Waals surface area contributed by atoms with E-state index in [1.807, 2.05) is 29.2 Å². The number of hydrogen-bond donors (Lipinski definition) is 0. The zero-order valence-electron chi connectivity index (χ0n) is 20.3. The summed E-state index contributed by atoms with van der Waals surface area (Å²) >= 11 is 0. The Balaban J connectivity index is 1.34. The molecule has 0 spiro atoms. The summed E-state index contributed by atoms with van der Waals surface area (Å²) in [5.74, 6) is 0.859. The molecule has 1 aliphatic heterocycles. The highest BCUT2D eigenvalue weighted by Gasteiger charge is 2.26. The molecule has 1 fully saturated rings. The molecule has 4 rings (SSSR count). The van der Waals surface area contributed by atoms with Crippen LogP contribution in [0.3, 0.4) is 0 Å².